The molecule has 1 atom stereocenters. The molecular formula is C12H19N3O3. The zero-order chi connectivity index (χ0) is 13.0. The Morgan fingerprint density at radius 2 is 2.44 bits per heavy atom. The number of imidazole rings is 1. The standard InChI is InChI=1S/C12H19N3O3/c1-3-18-8-12(16)14-5-10-4-13-9-15(10)11(6-14)7-17-2/h4,9,11H,3,5-8H2,1-2H3. The molecule has 0 aromatic carbocycles. The molecule has 2 rings (SSSR count). The first-order valence-electron chi connectivity index (χ1n) is 6.11. The smallest absolute Gasteiger partial charge is 0.248 e. The molecule has 1 aliphatic rings. The van der Waals surface area contributed by atoms with Gasteiger partial charge < -0.3 is 18.9 Å². The number of hydrogen-bond acceptors (Lipinski definition) is 4. The van der Waals surface area contributed by atoms with Gasteiger partial charge in [0.2, 0.25) is 5.91 Å². The lowest BCUT2D eigenvalue weighted by molar-refractivity contribution is -0.138. The molecule has 1 aliphatic heterocycles. The number of methoxy groups -OCH3 is 1. The monoisotopic (exact) mass is 253 g/mol. The van der Waals surface area contributed by atoms with Crippen LogP contribution in [-0.2, 0) is 20.8 Å². The fourth-order valence-electron chi connectivity index (χ4n) is 2.18. The van der Waals surface area contributed by atoms with Crippen LogP contribution < -0.4 is 0 Å². The third kappa shape index (κ3) is 2.70. The molecule has 0 saturated heterocycles. The van der Waals surface area contributed by atoms with E-state index >= 15 is 0 Å². The minimum Gasteiger partial charge on any atom is -0.382 e. The number of carbonyl (C=O) groups excluding carboxylic acids is 1. The van der Waals surface area contributed by atoms with Crippen molar-refractivity contribution in [2.24, 2.45) is 0 Å². The minimum absolute atomic E-state index is 0.0189. The molecule has 1 amide bonds. The molecule has 1 aromatic rings. The van der Waals surface area contributed by atoms with E-state index in [-0.39, 0.29) is 18.6 Å². The average Bonchev–Trinajstić information content (AvgIpc) is 2.84. The van der Waals surface area contributed by atoms with Crippen LogP contribution in [0.1, 0.15) is 18.7 Å². The first-order valence-corrected chi connectivity index (χ1v) is 6.11. The zero-order valence-corrected chi connectivity index (χ0v) is 10.8. The van der Waals surface area contributed by atoms with Crippen molar-refractivity contribution in [1.82, 2.24) is 14.5 Å². The first kappa shape index (κ1) is 13.0. The fraction of sp³-hybridized carbons (Fsp3) is 0.667. The normalized spacial score (nSPS) is 18.8. The summed E-state index contributed by atoms with van der Waals surface area (Å²) in [5.41, 5.74) is 1.04. The average molecular weight is 253 g/mol. The quantitative estimate of drug-likeness (QED) is 0.764. The van der Waals surface area contributed by atoms with E-state index < -0.39 is 0 Å². The summed E-state index contributed by atoms with van der Waals surface area (Å²) in [5, 5.41) is 0. The number of hydrogen-bond donors (Lipinski definition) is 0. The molecule has 6 heteroatoms. The topological polar surface area (TPSA) is 56.6 Å². The van der Waals surface area contributed by atoms with Gasteiger partial charge in [-0.05, 0) is 6.92 Å². The van der Waals surface area contributed by atoms with Gasteiger partial charge in [0.15, 0.2) is 0 Å². The van der Waals surface area contributed by atoms with Crippen LogP contribution in [0.15, 0.2) is 12.5 Å². The van der Waals surface area contributed by atoms with Crippen molar-refractivity contribution in [1.29, 1.82) is 0 Å². The highest BCUT2D eigenvalue weighted by atomic mass is 16.5. The number of aromatic nitrogens is 2. The summed E-state index contributed by atoms with van der Waals surface area (Å²) in [7, 11) is 1.66. The molecule has 18 heavy (non-hydrogen) atoms. The molecule has 1 unspecified atom stereocenters. The van der Waals surface area contributed by atoms with E-state index in [2.05, 4.69) is 9.55 Å². The van der Waals surface area contributed by atoms with Gasteiger partial charge in [-0.15, -0.1) is 0 Å². The summed E-state index contributed by atoms with van der Waals surface area (Å²) < 4.78 is 12.4. The van der Waals surface area contributed by atoms with Crippen molar-refractivity contribution in [3.05, 3.63) is 18.2 Å². The van der Waals surface area contributed by atoms with Crippen LogP contribution in [0.5, 0.6) is 0 Å². The van der Waals surface area contributed by atoms with Crippen LogP contribution in [0, 0.1) is 0 Å². The lowest BCUT2D eigenvalue weighted by Gasteiger charge is -2.34. The largest absolute Gasteiger partial charge is 0.382 e. The summed E-state index contributed by atoms with van der Waals surface area (Å²) in [6.45, 7) is 4.38. The van der Waals surface area contributed by atoms with Crippen LogP contribution in [0.2, 0.25) is 0 Å². The van der Waals surface area contributed by atoms with E-state index in [1.165, 1.54) is 0 Å². The number of nitrogens with zero attached hydrogens (tertiary/aromatic N) is 3. The number of rotatable bonds is 5. The van der Waals surface area contributed by atoms with Crippen LogP contribution >= 0.6 is 0 Å². The first-order chi connectivity index (χ1) is 8.76. The SMILES string of the molecule is CCOCC(=O)N1Cc2cncn2C(COC)C1. The Balaban J connectivity index is 2.06. The van der Waals surface area contributed by atoms with Crippen molar-refractivity contribution >= 4 is 5.91 Å². The third-order valence-electron chi connectivity index (χ3n) is 3.07. The van der Waals surface area contributed by atoms with Gasteiger partial charge in [-0.3, -0.25) is 4.79 Å². The fourth-order valence-corrected chi connectivity index (χ4v) is 2.18. The van der Waals surface area contributed by atoms with E-state index in [1.807, 2.05) is 6.92 Å². The van der Waals surface area contributed by atoms with Crippen LogP contribution in [0.3, 0.4) is 0 Å². The molecule has 0 fully saturated rings. The van der Waals surface area contributed by atoms with Crippen LogP contribution in [0.4, 0.5) is 0 Å². The highest BCUT2D eigenvalue weighted by molar-refractivity contribution is 5.77. The van der Waals surface area contributed by atoms with Gasteiger partial charge in [0.05, 0.1) is 31.2 Å². The Labute approximate surface area is 106 Å². The highest BCUT2D eigenvalue weighted by Gasteiger charge is 2.27. The summed E-state index contributed by atoms with van der Waals surface area (Å²) in [6, 6.07) is 0.131. The summed E-state index contributed by atoms with van der Waals surface area (Å²) in [6.07, 6.45) is 3.59. The molecule has 2 heterocycles. The second-order valence-corrected chi connectivity index (χ2v) is 4.31. The molecule has 1 aromatic heterocycles. The molecule has 0 saturated carbocycles. The number of ether oxygens (including phenoxy) is 2. The Hall–Kier alpha value is -1.40. The molecule has 0 spiro atoms. The van der Waals surface area contributed by atoms with Gasteiger partial charge in [-0.2, -0.15) is 0 Å². The molecule has 100 valence electrons. The Bertz CT molecular complexity index is 405. The maximum Gasteiger partial charge on any atom is 0.248 e. The Morgan fingerprint density at radius 1 is 1.61 bits per heavy atom. The van der Waals surface area contributed by atoms with E-state index in [0.29, 0.717) is 26.3 Å². The second kappa shape index (κ2) is 5.97. The van der Waals surface area contributed by atoms with Gasteiger partial charge in [0.1, 0.15) is 6.61 Å². The highest BCUT2D eigenvalue weighted by Crippen LogP contribution is 2.21. The van der Waals surface area contributed by atoms with Crippen molar-refractivity contribution in [2.75, 3.05) is 33.5 Å². The lowest BCUT2D eigenvalue weighted by atomic mass is 10.2. The molecule has 0 bridgehead atoms. The number of carbonyl (C=O) groups is 1. The van der Waals surface area contributed by atoms with E-state index in [0.717, 1.165) is 5.69 Å². The van der Waals surface area contributed by atoms with Gasteiger partial charge in [-0.1, -0.05) is 0 Å². The Morgan fingerprint density at radius 3 is 3.17 bits per heavy atom. The zero-order valence-electron chi connectivity index (χ0n) is 10.8. The maximum absolute atomic E-state index is 12.0. The molecule has 0 N–H and O–H groups in total. The van der Waals surface area contributed by atoms with E-state index in [4.69, 9.17) is 9.47 Å². The van der Waals surface area contributed by atoms with Crippen molar-refractivity contribution in [2.45, 2.75) is 19.5 Å². The molecule has 0 aliphatic carbocycles. The van der Waals surface area contributed by atoms with Crippen molar-refractivity contribution < 1.29 is 14.3 Å². The molecule has 0 radical (unpaired) electrons. The van der Waals surface area contributed by atoms with Crippen LogP contribution in [0.25, 0.3) is 0 Å². The maximum atomic E-state index is 12.0. The van der Waals surface area contributed by atoms with Crippen molar-refractivity contribution in [3.8, 4) is 0 Å². The summed E-state index contributed by atoms with van der Waals surface area (Å²) in [4.78, 5) is 17.9. The predicted molar refractivity (Wildman–Crippen MR) is 65.1 cm³/mol. The van der Waals surface area contributed by atoms with Gasteiger partial charge in [-0.25, -0.2) is 4.98 Å². The second-order valence-electron chi connectivity index (χ2n) is 4.31. The lowest BCUT2D eigenvalue weighted by Crippen LogP contribution is -2.43. The van der Waals surface area contributed by atoms with E-state index in [1.54, 1.807) is 24.5 Å². The van der Waals surface area contributed by atoms with Gasteiger partial charge in [0, 0.05) is 26.5 Å². The Kier molecular flexibility index (Phi) is 4.33. The van der Waals surface area contributed by atoms with Gasteiger partial charge >= 0.3 is 0 Å². The predicted octanol–water partition coefficient (Wildman–Crippen LogP) is 0.449. The number of amides is 1. The molecular weight excluding hydrogens is 234 g/mol. The minimum atomic E-state index is 0.0189. The van der Waals surface area contributed by atoms with Crippen molar-refractivity contribution in [3.63, 3.8) is 0 Å². The number of fused-ring (bicyclic) bond motifs is 1. The van der Waals surface area contributed by atoms with Crippen LogP contribution in [-0.4, -0.2) is 53.8 Å². The van der Waals surface area contributed by atoms with Gasteiger partial charge in [0.25, 0.3) is 0 Å². The third-order valence-corrected chi connectivity index (χ3v) is 3.07. The van der Waals surface area contributed by atoms with E-state index in [9.17, 15) is 4.79 Å². The summed E-state index contributed by atoms with van der Waals surface area (Å²) >= 11 is 0. The molecule has 6 nitrogen and oxygen atoms in total. The summed E-state index contributed by atoms with van der Waals surface area (Å²) in [5.74, 6) is 0.0189.